The van der Waals surface area contributed by atoms with Gasteiger partial charge in [-0.2, -0.15) is 0 Å². The molecule has 0 unspecified atom stereocenters. The lowest BCUT2D eigenvalue weighted by atomic mass is 10.0. The number of hydrogen-bond donors (Lipinski definition) is 2. The van der Waals surface area contributed by atoms with Gasteiger partial charge in [0.25, 0.3) is 5.91 Å². The number of ether oxygens (including phenoxy) is 2. The maximum Gasteiger partial charge on any atom is 0.342 e. The lowest BCUT2D eigenvalue weighted by molar-refractivity contribution is -0.125. The standard InChI is InChI=1S/C15H22N2O4/c1-5-15(2,3)17-13(18)9-21-14(19)11-8-10(16)6-7-12(11)20-4/h6-8H,5,9,16H2,1-4H3,(H,17,18). The molecular weight excluding hydrogens is 272 g/mol. The second kappa shape index (κ2) is 6.97. The van der Waals surface area contributed by atoms with Gasteiger partial charge in [0.2, 0.25) is 0 Å². The number of nitrogen functional groups attached to an aromatic ring is 1. The van der Waals surface area contributed by atoms with E-state index in [0.717, 1.165) is 6.42 Å². The van der Waals surface area contributed by atoms with E-state index in [1.807, 2.05) is 20.8 Å². The fourth-order valence-corrected chi connectivity index (χ4v) is 1.60. The molecule has 1 aromatic carbocycles. The predicted molar refractivity (Wildman–Crippen MR) is 80.2 cm³/mol. The summed E-state index contributed by atoms with van der Waals surface area (Å²) in [5, 5.41) is 2.78. The first kappa shape index (κ1) is 16.8. The van der Waals surface area contributed by atoms with Crippen LogP contribution >= 0.6 is 0 Å². The van der Waals surface area contributed by atoms with Gasteiger partial charge < -0.3 is 20.5 Å². The van der Waals surface area contributed by atoms with Crippen molar-refractivity contribution in [1.29, 1.82) is 0 Å². The van der Waals surface area contributed by atoms with Gasteiger partial charge in [0.05, 0.1) is 7.11 Å². The second-order valence-corrected chi connectivity index (χ2v) is 5.32. The number of benzene rings is 1. The topological polar surface area (TPSA) is 90.7 Å². The molecule has 0 heterocycles. The summed E-state index contributed by atoms with van der Waals surface area (Å²) in [5.74, 6) is -0.648. The Morgan fingerprint density at radius 1 is 1.33 bits per heavy atom. The zero-order valence-corrected chi connectivity index (χ0v) is 12.9. The molecule has 3 N–H and O–H groups in total. The number of amides is 1. The van der Waals surface area contributed by atoms with E-state index in [9.17, 15) is 9.59 Å². The molecule has 21 heavy (non-hydrogen) atoms. The van der Waals surface area contributed by atoms with Crippen molar-refractivity contribution < 1.29 is 19.1 Å². The van der Waals surface area contributed by atoms with Crippen molar-refractivity contribution in [2.24, 2.45) is 0 Å². The van der Waals surface area contributed by atoms with E-state index in [0.29, 0.717) is 11.4 Å². The van der Waals surface area contributed by atoms with E-state index in [-0.39, 0.29) is 23.6 Å². The van der Waals surface area contributed by atoms with Gasteiger partial charge >= 0.3 is 5.97 Å². The summed E-state index contributed by atoms with van der Waals surface area (Å²) in [5.41, 5.74) is 5.91. The molecular formula is C15H22N2O4. The Bertz CT molecular complexity index is 526. The normalized spacial score (nSPS) is 10.9. The molecule has 0 atom stereocenters. The van der Waals surface area contributed by atoms with Crippen molar-refractivity contribution in [3.8, 4) is 5.75 Å². The number of nitrogens with two attached hydrogens (primary N) is 1. The fraction of sp³-hybridized carbons (Fsp3) is 0.467. The summed E-state index contributed by atoms with van der Waals surface area (Å²) < 4.78 is 10.1. The summed E-state index contributed by atoms with van der Waals surface area (Å²) in [7, 11) is 1.44. The van der Waals surface area contributed by atoms with Crippen LogP contribution in [0.5, 0.6) is 5.75 Å². The number of methoxy groups -OCH3 is 1. The molecule has 1 rings (SSSR count). The molecule has 0 saturated carbocycles. The van der Waals surface area contributed by atoms with Crippen molar-refractivity contribution in [3.05, 3.63) is 23.8 Å². The number of hydrogen-bond acceptors (Lipinski definition) is 5. The van der Waals surface area contributed by atoms with Crippen molar-refractivity contribution in [2.75, 3.05) is 19.5 Å². The number of esters is 1. The zero-order valence-electron chi connectivity index (χ0n) is 12.9. The molecule has 0 radical (unpaired) electrons. The van der Waals surface area contributed by atoms with E-state index in [4.69, 9.17) is 15.2 Å². The van der Waals surface area contributed by atoms with Gasteiger partial charge in [-0.15, -0.1) is 0 Å². The van der Waals surface area contributed by atoms with E-state index in [1.54, 1.807) is 12.1 Å². The van der Waals surface area contributed by atoms with Gasteiger partial charge in [-0.1, -0.05) is 6.92 Å². The third-order valence-corrected chi connectivity index (χ3v) is 3.14. The minimum Gasteiger partial charge on any atom is -0.496 e. The lowest BCUT2D eigenvalue weighted by Gasteiger charge is -2.24. The molecule has 0 aliphatic rings. The van der Waals surface area contributed by atoms with Crippen LogP contribution in [0.1, 0.15) is 37.6 Å². The predicted octanol–water partition coefficient (Wildman–Crippen LogP) is 1.74. The summed E-state index contributed by atoms with van der Waals surface area (Å²) >= 11 is 0. The number of nitrogens with one attached hydrogen (secondary N) is 1. The van der Waals surface area contributed by atoms with E-state index < -0.39 is 5.97 Å². The first-order valence-electron chi connectivity index (χ1n) is 6.70. The largest absolute Gasteiger partial charge is 0.496 e. The Labute approximate surface area is 124 Å². The monoisotopic (exact) mass is 294 g/mol. The third-order valence-electron chi connectivity index (χ3n) is 3.14. The van der Waals surface area contributed by atoms with Gasteiger partial charge in [-0.3, -0.25) is 4.79 Å². The van der Waals surface area contributed by atoms with Gasteiger partial charge in [0.1, 0.15) is 11.3 Å². The average molecular weight is 294 g/mol. The Balaban J connectivity index is 2.66. The molecule has 0 aliphatic carbocycles. The molecule has 6 heteroatoms. The minimum atomic E-state index is -0.649. The zero-order chi connectivity index (χ0) is 16.0. The molecule has 1 amide bonds. The van der Waals surface area contributed by atoms with Crippen LogP contribution in [-0.2, 0) is 9.53 Å². The lowest BCUT2D eigenvalue weighted by Crippen LogP contribution is -2.44. The van der Waals surface area contributed by atoms with Gasteiger partial charge in [-0.25, -0.2) is 4.79 Å². The van der Waals surface area contributed by atoms with Gasteiger partial charge in [0.15, 0.2) is 6.61 Å². The minimum absolute atomic E-state index is 0.194. The van der Waals surface area contributed by atoms with Gasteiger partial charge in [-0.05, 0) is 38.5 Å². The van der Waals surface area contributed by atoms with Crippen LogP contribution in [0.15, 0.2) is 18.2 Å². The molecule has 6 nitrogen and oxygen atoms in total. The van der Waals surface area contributed by atoms with Crippen LogP contribution in [0.4, 0.5) is 5.69 Å². The van der Waals surface area contributed by atoms with Crippen molar-refractivity contribution in [2.45, 2.75) is 32.7 Å². The second-order valence-electron chi connectivity index (χ2n) is 5.32. The molecule has 116 valence electrons. The highest BCUT2D eigenvalue weighted by Gasteiger charge is 2.20. The Hall–Kier alpha value is -2.24. The van der Waals surface area contributed by atoms with Crippen LogP contribution in [0, 0.1) is 0 Å². The molecule has 0 saturated heterocycles. The first-order chi connectivity index (χ1) is 9.79. The quantitative estimate of drug-likeness (QED) is 0.616. The molecule has 0 bridgehead atoms. The maximum atomic E-state index is 12.0. The molecule has 0 fully saturated rings. The van der Waals surface area contributed by atoms with Crippen LogP contribution < -0.4 is 15.8 Å². The Kier molecular flexibility index (Phi) is 5.58. The van der Waals surface area contributed by atoms with Crippen LogP contribution in [0.2, 0.25) is 0 Å². The van der Waals surface area contributed by atoms with Crippen LogP contribution in [0.3, 0.4) is 0 Å². The summed E-state index contributed by atoms with van der Waals surface area (Å²) in [4.78, 5) is 23.7. The SMILES string of the molecule is CCC(C)(C)NC(=O)COC(=O)c1cc(N)ccc1OC. The molecule has 0 aromatic heterocycles. The Morgan fingerprint density at radius 3 is 2.57 bits per heavy atom. The van der Waals surface area contributed by atoms with Crippen molar-refractivity contribution in [1.82, 2.24) is 5.32 Å². The molecule has 1 aromatic rings. The summed E-state index contributed by atoms with van der Waals surface area (Å²) in [6.07, 6.45) is 0.774. The van der Waals surface area contributed by atoms with Crippen LogP contribution in [0.25, 0.3) is 0 Å². The highest BCUT2D eigenvalue weighted by molar-refractivity contribution is 5.95. The molecule has 0 aliphatic heterocycles. The van der Waals surface area contributed by atoms with Crippen molar-refractivity contribution in [3.63, 3.8) is 0 Å². The summed E-state index contributed by atoms with van der Waals surface area (Å²) in [6.45, 7) is 5.41. The number of carbonyl (C=O) groups excluding carboxylic acids is 2. The third kappa shape index (κ3) is 4.98. The van der Waals surface area contributed by atoms with E-state index in [2.05, 4.69) is 5.32 Å². The number of anilines is 1. The summed E-state index contributed by atoms with van der Waals surface area (Å²) in [6, 6.07) is 4.65. The number of carbonyl (C=O) groups is 2. The van der Waals surface area contributed by atoms with Crippen LogP contribution in [-0.4, -0.2) is 31.1 Å². The number of rotatable bonds is 6. The fourth-order valence-electron chi connectivity index (χ4n) is 1.60. The van der Waals surface area contributed by atoms with E-state index >= 15 is 0 Å². The highest BCUT2D eigenvalue weighted by Crippen LogP contribution is 2.21. The molecule has 0 spiro atoms. The Morgan fingerprint density at radius 2 is 2.00 bits per heavy atom. The van der Waals surface area contributed by atoms with Crippen molar-refractivity contribution >= 4 is 17.6 Å². The first-order valence-corrected chi connectivity index (χ1v) is 6.70. The van der Waals surface area contributed by atoms with E-state index in [1.165, 1.54) is 13.2 Å². The average Bonchev–Trinajstić information content (AvgIpc) is 2.44. The maximum absolute atomic E-state index is 12.0. The highest BCUT2D eigenvalue weighted by atomic mass is 16.5. The van der Waals surface area contributed by atoms with Gasteiger partial charge in [0, 0.05) is 11.2 Å². The smallest absolute Gasteiger partial charge is 0.342 e.